The third kappa shape index (κ3) is 7.37. The number of benzene rings is 3. The molecule has 0 amide bonds. The van der Waals surface area contributed by atoms with Crippen LogP contribution in [-0.2, 0) is 16.1 Å². The zero-order valence-corrected chi connectivity index (χ0v) is 32.0. The summed E-state index contributed by atoms with van der Waals surface area (Å²) in [6.45, 7) is 4.33. The number of nitrogens with zero attached hydrogens (tertiary/aromatic N) is 2. The largest absolute Gasteiger partial charge is 0.496 e. The Hall–Kier alpha value is -2.20. The summed E-state index contributed by atoms with van der Waals surface area (Å²) in [4.78, 5) is 33.1. The molecular weight excluding hydrogens is 906 g/mol. The summed E-state index contributed by atoms with van der Waals surface area (Å²) in [5.74, 6) is 0.802. The first-order valence-electron chi connectivity index (χ1n) is 14.1. The first-order chi connectivity index (χ1) is 21.7. The first-order valence-corrected chi connectivity index (χ1v) is 18.2. The molecule has 2 heterocycles. The Morgan fingerprint density at radius 3 is 2.53 bits per heavy atom. The number of rotatable bonds is 10. The monoisotopic (exact) mass is 932 g/mol. The molecule has 0 saturated carbocycles. The minimum Gasteiger partial charge on any atom is -0.496 e. The second kappa shape index (κ2) is 15.1. The van der Waals surface area contributed by atoms with E-state index in [1.807, 2.05) is 67.6 Å². The van der Waals surface area contributed by atoms with Crippen LogP contribution in [0.15, 0.2) is 80.1 Å². The number of allylic oxidation sites excluding steroid dienone is 1. The Morgan fingerprint density at radius 2 is 1.87 bits per heavy atom. The number of methoxy groups -OCH3 is 1. The van der Waals surface area contributed by atoms with E-state index in [1.54, 1.807) is 18.6 Å². The van der Waals surface area contributed by atoms with Gasteiger partial charge in [0.1, 0.15) is 24.1 Å². The Kier molecular flexibility index (Phi) is 11.5. The average Bonchev–Trinajstić information content (AvgIpc) is 3.31. The number of ether oxygens (including phenoxy) is 3. The van der Waals surface area contributed by atoms with Gasteiger partial charge in [0.2, 0.25) is 0 Å². The highest BCUT2D eigenvalue weighted by molar-refractivity contribution is 14.1. The Morgan fingerprint density at radius 1 is 1.13 bits per heavy atom. The highest BCUT2D eigenvalue weighted by atomic mass is 127. The van der Waals surface area contributed by atoms with Crippen molar-refractivity contribution in [3.63, 3.8) is 0 Å². The lowest BCUT2D eigenvalue weighted by molar-refractivity contribution is -0.139. The van der Waals surface area contributed by atoms with Crippen molar-refractivity contribution in [2.24, 2.45) is 4.99 Å². The van der Waals surface area contributed by atoms with Crippen LogP contribution in [-0.4, -0.2) is 24.3 Å². The maximum Gasteiger partial charge on any atom is 0.338 e. The lowest BCUT2D eigenvalue weighted by Crippen LogP contribution is -2.40. The molecule has 0 saturated heterocycles. The molecule has 0 fully saturated rings. The van der Waals surface area contributed by atoms with Crippen molar-refractivity contribution in [3.8, 4) is 11.5 Å². The predicted molar refractivity (Wildman–Crippen MR) is 198 cm³/mol. The van der Waals surface area contributed by atoms with Crippen LogP contribution in [0.25, 0.3) is 6.08 Å². The van der Waals surface area contributed by atoms with Crippen LogP contribution in [0.2, 0.25) is 5.02 Å². The van der Waals surface area contributed by atoms with Crippen molar-refractivity contribution >= 4 is 96.1 Å². The molecule has 3 aromatic carbocycles. The minimum atomic E-state index is -0.780. The fourth-order valence-corrected chi connectivity index (χ4v) is 8.77. The summed E-state index contributed by atoms with van der Waals surface area (Å²) in [5, 5.41) is 0.654. The highest BCUT2D eigenvalue weighted by Gasteiger charge is 2.36. The Bertz CT molecular complexity index is 1970. The molecule has 4 aromatic rings. The molecule has 5 rings (SSSR count). The Labute approximate surface area is 305 Å². The van der Waals surface area contributed by atoms with E-state index in [-0.39, 0.29) is 12.2 Å². The minimum absolute atomic E-state index is 0.198. The van der Waals surface area contributed by atoms with Gasteiger partial charge in [-0.05, 0) is 107 Å². The summed E-state index contributed by atoms with van der Waals surface area (Å²) in [6, 6.07) is 16.3. The first kappa shape index (κ1) is 34.1. The number of esters is 1. The smallest absolute Gasteiger partial charge is 0.338 e. The van der Waals surface area contributed by atoms with Crippen LogP contribution in [0.1, 0.15) is 49.4 Å². The second-order valence-corrected chi connectivity index (χ2v) is 14.6. The van der Waals surface area contributed by atoms with E-state index in [9.17, 15) is 9.59 Å². The summed E-state index contributed by atoms with van der Waals surface area (Å²) in [7, 11) is 1.57. The summed E-state index contributed by atoms with van der Waals surface area (Å²) in [6.07, 6.45) is 3.17. The molecule has 1 aromatic heterocycles. The topological polar surface area (TPSA) is 79.1 Å². The predicted octanol–water partition coefficient (Wildman–Crippen LogP) is 7.79. The molecule has 0 spiro atoms. The van der Waals surface area contributed by atoms with Gasteiger partial charge in [-0.25, -0.2) is 9.79 Å². The van der Waals surface area contributed by atoms with Gasteiger partial charge >= 0.3 is 5.97 Å². The number of fused-ring (bicyclic) bond motifs is 1. The summed E-state index contributed by atoms with van der Waals surface area (Å²) >= 11 is 15.7. The number of hydrogen-bond donors (Lipinski definition) is 0. The van der Waals surface area contributed by atoms with Crippen LogP contribution < -0.4 is 24.4 Å². The van der Waals surface area contributed by atoms with Crippen molar-refractivity contribution in [1.82, 2.24) is 4.57 Å². The van der Waals surface area contributed by atoms with Gasteiger partial charge in [-0.1, -0.05) is 70.4 Å². The van der Waals surface area contributed by atoms with E-state index >= 15 is 0 Å². The number of carbonyl (C=O) groups excluding carboxylic acids is 1. The van der Waals surface area contributed by atoms with Crippen molar-refractivity contribution in [2.45, 2.75) is 39.3 Å². The van der Waals surface area contributed by atoms with Gasteiger partial charge in [0.25, 0.3) is 5.56 Å². The number of hydrogen-bond acceptors (Lipinski definition) is 7. The lowest BCUT2D eigenvalue weighted by atomic mass is 9.93. The molecule has 0 bridgehead atoms. The zero-order valence-electron chi connectivity index (χ0n) is 24.5. The standard InChI is InChI=1S/C33H28BrClI2N2O5S/c1-4-8-25-28(32(41)43-5-2)29(21-16-20(34)11-12-26(21)42-3)39-31(40)27(45-33(39)38-25)15-18-13-23(36)30(24(37)14-18)44-17-19-9-6-7-10-22(19)35/h6-7,9-16,29H,4-5,8,17H2,1-3H3/b27-15+/t29-/m1/s1. The molecular formula is C33H28BrClI2N2O5S. The molecule has 0 N–H and O–H groups in total. The molecule has 45 heavy (non-hydrogen) atoms. The second-order valence-electron chi connectivity index (χ2n) is 9.99. The van der Waals surface area contributed by atoms with E-state index < -0.39 is 12.0 Å². The van der Waals surface area contributed by atoms with E-state index in [4.69, 9.17) is 30.8 Å². The molecule has 0 aliphatic carbocycles. The Balaban J connectivity index is 1.64. The van der Waals surface area contributed by atoms with Gasteiger partial charge in [0.05, 0.1) is 36.7 Å². The maximum atomic E-state index is 14.2. The van der Waals surface area contributed by atoms with Gasteiger partial charge in [-0.3, -0.25) is 9.36 Å². The third-order valence-corrected chi connectivity index (χ3v) is 10.5. The molecule has 1 atom stereocenters. The van der Waals surface area contributed by atoms with E-state index in [1.165, 1.54) is 11.3 Å². The third-order valence-electron chi connectivity index (χ3n) is 7.03. The number of thiazole rings is 1. The number of carbonyl (C=O) groups is 1. The van der Waals surface area contributed by atoms with Gasteiger partial charge < -0.3 is 14.2 Å². The lowest BCUT2D eigenvalue weighted by Gasteiger charge is -2.27. The molecule has 7 nitrogen and oxygen atoms in total. The quantitative estimate of drug-likeness (QED) is 0.120. The normalized spacial score (nSPS) is 14.6. The van der Waals surface area contributed by atoms with Gasteiger partial charge in [-0.2, -0.15) is 0 Å². The van der Waals surface area contributed by atoms with Crippen molar-refractivity contribution in [1.29, 1.82) is 0 Å². The molecule has 0 radical (unpaired) electrons. The van der Waals surface area contributed by atoms with Gasteiger partial charge in [-0.15, -0.1) is 0 Å². The van der Waals surface area contributed by atoms with E-state index in [2.05, 4.69) is 61.1 Å². The molecule has 12 heteroatoms. The van der Waals surface area contributed by atoms with E-state index in [0.717, 1.165) is 34.9 Å². The van der Waals surface area contributed by atoms with Crippen molar-refractivity contribution in [3.05, 3.63) is 119 Å². The summed E-state index contributed by atoms with van der Waals surface area (Å²) in [5.41, 5.74) is 3.10. The van der Waals surface area contributed by atoms with Crippen molar-refractivity contribution < 1.29 is 19.0 Å². The fraction of sp³-hybridized carbons (Fsp3) is 0.242. The van der Waals surface area contributed by atoms with Crippen LogP contribution in [0, 0.1) is 7.14 Å². The average molecular weight is 934 g/mol. The van der Waals surface area contributed by atoms with Crippen LogP contribution in [0.3, 0.4) is 0 Å². The zero-order chi connectivity index (χ0) is 32.2. The summed E-state index contributed by atoms with van der Waals surface area (Å²) < 4.78 is 22.1. The van der Waals surface area contributed by atoms with Crippen LogP contribution >= 0.6 is 84.0 Å². The molecule has 0 unspecified atom stereocenters. The molecule has 1 aliphatic heterocycles. The maximum absolute atomic E-state index is 14.2. The number of aromatic nitrogens is 1. The van der Waals surface area contributed by atoms with Gasteiger partial charge in [0, 0.05) is 20.6 Å². The van der Waals surface area contributed by atoms with Crippen LogP contribution in [0.5, 0.6) is 11.5 Å². The fourth-order valence-electron chi connectivity index (χ4n) is 5.05. The van der Waals surface area contributed by atoms with E-state index in [0.29, 0.717) is 50.0 Å². The number of halogens is 4. The SMILES string of the molecule is CCCC1=C(C(=O)OCC)[C@@H](c2cc(Br)ccc2OC)n2c(s/c(=C/c3cc(I)c(OCc4ccccc4Cl)c(I)c3)c2=O)=N1. The molecule has 1 aliphatic rings. The van der Waals surface area contributed by atoms with Crippen LogP contribution in [0.4, 0.5) is 0 Å². The van der Waals surface area contributed by atoms with Gasteiger partial charge in [0.15, 0.2) is 4.80 Å². The van der Waals surface area contributed by atoms with Crippen molar-refractivity contribution in [2.75, 3.05) is 13.7 Å². The highest BCUT2D eigenvalue weighted by Crippen LogP contribution is 2.38. The molecule has 234 valence electrons.